The molecule has 1 aliphatic heterocycles. The first-order valence-electron chi connectivity index (χ1n) is 10.3. The largest absolute Gasteiger partial charge is 0.497 e. The molecule has 2 heterocycles. The van der Waals surface area contributed by atoms with E-state index in [1.54, 1.807) is 7.11 Å². The van der Waals surface area contributed by atoms with Gasteiger partial charge in [0.2, 0.25) is 0 Å². The number of benzene rings is 2. The molecule has 0 saturated carbocycles. The van der Waals surface area contributed by atoms with Crippen LogP contribution in [0.25, 0.3) is 22.2 Å². The molecular formula is C24H25BrN2O3. The van der Waals surface area contributed by atoms with Crippen molar-refractivity contribution in [3.05, 3.63) is 53.0 Å². The van der Waals surface area contributed by atoms with Gasteiger partial charge in [0.15, 0.2) is 0 Å². The Balaban J connectivity index is 1.71. The topological polar surface area (TPSA) is 51.7 Å². The van der Waals surface area contributed by atoms with E-state index in [-0.39, 0.29) is 11.9 Å². The molecule has 1 saturated heterocycles. The molecule has 1 fully saturated rings. The number of anilines is 1. The molecule has 0 atom stereocenters. The zero-order chi connectivity index (χ0) is 21.1. The molecular weight excluding hydrogens is 444 g/mol. The molecule has 6 heteroatoms. The zero-order valence-corrected chi connectivity index (χ0v) is 18.8. The highest BCUT2D eigenvalue weighted by atomic mass is 79.9. The number of nitrogens with zero attached hydrogens (tertiary/aromatic N) is 2. The maximum absolute atomic E-state index is 12.1. The van der Waals surface area contributed by atoms with Gasteiger partial charge >= 0.3 is 5.97 Å². The quantitative estimate of drug-likeness (QED) is 0.465. The molecule has 30 heavy (non-hydrogen) atoms. The number of carbonyl (C=O) groups excluding carboxylic acids is 1. The van der Waals surface area contributed by atoms with Gasteiger partial charge in [-0.15, -0.1) is 0 Å². The average Bonchev–Trinajstić information content (AvgIpc) is 2.78. The molecule has 1 aliphatic rings. The van der Waals surface area contributed by atoms with E-state index in [9.17, 15) is 4.79 Å². The highest BCUT2D eigenvalue weighted by molar-refractivity contribution is 9.10. The molecule has 156 valence electrons. The second-order valence-corrected chi connectivity index (χ2v) is 8.35. The molecule has 1 aromatic heterocycles. The highest BCUT2D eigenvalue weighted by Gasteiger charge is 2.27. The van der Waals surface area contributed by atoms with Crippen LogP contribution in [0.4, 0.5) is 5.69 Å². The number of fused-ring (bicyclic) bond motifs is 1. The Hall–Kier alpha value is -2.60. The van der Waals surface area contributed by atoms with Crippen LogP contribution in [0.3, 0.4) is 0 Å². The van der Waals surface area contributed by atoms with E-state index in [4.69, 9.17) is 14.5 Å². The first kappa shape index (κ1) is 20.7. The Morgan fingerprint density at radius 1 is 1.13 bits per heavy atom. The van der Waals surface area contributed by atoms with Crippen LogP contribution in [0.5, 0.6) is 5.75 Å². The summed E-state index contributed by atoms with van der Waals surface area (Å²) in [4.78, 5) is 19.4. The first-order chi connectivity index (χ1) is 14.6. The van der Waals surface area contributed by atoms with Gasteiger partial charge in [-0.1, -0.05) is 28.1 Å². The van der Waals surface area contributed by atoms with Gasteiger partial charge in [-0.05, 0) is 50.1 Å². The van der Waals surface area contributed by atoms with E-state index in [0.717, 1.165) is 64.0 Å². The smallest absolute Gasteiger partial charge is 0.309 e. The maximum Gasteiger partial charge on any atom is 0.309 e. The summed E-state index contributed by atoms with van der Waals surface area (Å²) in [5.41, 5.74) is 4.02. The number of esters is 1. The summed E-state index contributed by atoms with van der Waals surface area (Å²) in [5.74, 6) is 0.701. The number of pyridine rings is 1. The molecule has 5 nitrogen and oxygen atoms in total. The number of aromatic nitrogens is 1. The van der Waals surface area contributed by atoms with Crippen LogP contribution in [-0.4, -0.2) is 37.8 Å². The summed E-state index contributed by atoms with van der Waals surface area (Å²) >= 11 is 3.50. The summed E-state index contributed by atoms with van der Waals surface area (Å²) in [6, 6.07) is 16.4. The predicted octanol–water partition coefficient (Wildman–Crippen LogP) is 5.45. The maximum atomic E-state index is 12.1. The van der Waals surface area contributed by atoms with Crippen LogP contribution >= 0.6 is 15.9 Å². The Morgan fingerprint density at radius 2 is 1.87 bits per heavy atom. The molecule has 2 aromatic carbocycles. The lowest BCUT2D eigenvalue weighted by atomic mass is 9.96. The van der Waals surface area contributed by atoms with Crippen molar-refractivity contribution in [3.63, 3.8) is 0 Å². The van der Waals surface area contributed by atoms with Gasteiger partial charge in [-0.25, -0.2) is 4.98 Å². The lowest BCUT2D eigenvalue weighted by Gasteiger charge is -2.33. The number of piperidine rings is 1. The third-order valence-corrected chi connectivity index (χ3v) is 6.12. The summed E-state index contributed by atoms with van der Waals surface area (Å²) in [6.45, 7) is 3.92. The minimum Gasteiger partial charge on any atom is -0.497 e. The van der Waals surface area contributed by atoms with Gasteiger partial charge in [-0.3, -0.25) is 4.79 Å². The van der Waals surface area contributed by atoms with Crippen LogP contribution in [0.2, 0.25) is 0 Å². The third-order valence-electron chi connectivity index (χ3n) is 5.59. The van der Waals surface area contributed by atoms with Crippen molar-refractivity contribution in [2.24, 2.45) is 5.92 Å². The van der Waals surface area contributed by atoms with Crippen LogP contribution in [0.15, 0.2) is 53.0 Å². The summed E-state index contributed by atoms with van der Waals surface area (Å²) < 4.78 is 11.7. The van der Waals surface area contributed by atoms with E-state index in [2.05, 4.69) is 45.1 Å². The number of rotatable bonds is 5. The second kappa shape index (κ2) is 9.04. The van der Waals surface area contributed by atoms with E-state index < -0.39 is 0 Å². The second-order valence-electron chi connectivity index (χ2n) is 7.43. The van der Waals surface area contributed by atoms with E-state index in [1.165, 1.54) is 0 Å². The normalized spacial score (nSPS) is 14.7. The van der Waals surface area contributed by atoms with E-state index in [1.807, 2.05) is 31.2 Å². The van der Waals surface area contributed by atoms with Gasteiger partial charge in [0, 0.05) is 40.3 Å². The Kier molecular flexibility index (Phi) is 6.23. The van der Waals surface area contributed by atoms with Crippen molar-refractivity contribution in [2.75, 3.05) is 31.7 Å². The Morgan fingerprint density at radius 3 is 2.53 bits per heavy atom. The number of carbonyl (C=O) groups is 1. The Bertz CT molecular complexity index is 1040. The zero-order valence-electron chi connectivity index (χ0n) is 17.2. The van der Waals surface area contributed by atoms with Crippen molar-refractivity contribution in [1.82, 2.24) is 4.98 Å². The summed E-state index contributed by atoms with van der Waals surface area (Å²) in [6.07, 6.45) is 1.60. The molecule has 0 amide bonds. The third kappa shape index (κ3) is 4.29. The van der Waals surface area contributed by atoms with Crippen LogP contribution in [-0.2, 0) is 9.53 Å². The standard InChI is InChI=1S/C24H25BrN2O3/c1-3-30-24(28)17-10-12-27(13-11-17)23-15-21(16-4-6-18(25)7-5-16)26-22-14-19(29-2)8-9-20(22)23/h4-9,14-15,17H,3,10-13H2,1-2H3. The highest BCUT2D eigenvalue weighted by Crippen LogP contribution is 2.35. The number of methoxy groups -OCH3 is 1. The molecule has 3 aromatic rings. The average molecular weight is 469 g/mol. The molecule has 0 aliphatic carbocycles. The van der Waals surface area contributed by atoms with E-state index >= 15 is 0 Å². The number of hydrogen-bond donors (Lipinski definition) is 0. The molecule has 0 bridgehead atoms. The number of hydrogen-bond acceptors (Lipinski definition) is 5. The summed E-state index contributed by atoms with van der Waals surface area (Å²) in [7, 11) is 1.67. The lowest BCUT2D eigenvalue weighted by molar-refractivity contribution is -0.148. The van der Waals surface area contributed by atoms with Crippen LogP contribution in [0.1, 0.15) is 19.8 Å². The summed E-state index contributed by atoms with van der Waals surface area (Å²) in [5, 5.41) is 1.09. The number of ether oxygens (including phenoxy) is 2. The molecule has 4 rings (SSSR count). The monoisotopic (exact) mass is 468 g/mol. The minimum atomic E-state index is -0.0722. The fourth-order valence-corrected chi connectivity index (χ4v) is 4.23. The fourth-order valence-electron chi connectivity index (χ4n) is 3.96. The van der Waals surface area contributed by atoms with Crippen LogP contribution in [0, 0.1) is 5.92 Å². The van der Waals surface area contributed by atoms with Crippen molar-refractivity contribution >= 4 is 38.5 Å². The Labute approximate surface area is 185 Å². The van der Waals surface area contributed by atoms with Gasteiger partial charge in [0.05, 0.1) is 30.8 Å². The van der Waals surface area contributed by atoms with Gasteiger partial charge < -0.3 is 14.4 Å². The van der Waals surface area contributed by atoms with Crippen molar-refractivity contribution < 1.29 is 14.3 Å². The SMILES string of the molecule is CCOC(=O)C1CCN(c2cc(-c3ccc(Br)cc3)nc3cc(OC)ccc23)CC1. The van der Waals surface area contributed by atoms with Crippen molar-refractivity contribution in [1.29, 1.82) is 0 Å². The first-order valence-corrected chi connectivity index (χ1v) is 11.0. The molecule has 0 N–H and O–H groups in total. The molecule has 0 unspecified atom stereocenters. The van der Waals surface area contributed by atoms with Crippen LogP contribution < -0.4 is 9.64 Å². The van der Waals surface area contributed by atoms with Gasteiger partial charge in [0.1, 0.15) is 5.75 Å². The van der Waals surface area contributed by atoms with Gasteiger partial charge in [-0.2, -0.15) is 0 Å². The number of halogens is 1. The molecule has 0 spiro atoms. The lowest BCUT2D eigenvalue weighted by Crippen LogP contribution is -2.37. The van der Waals surface area contributed by atoms with Crippen molar-refractivity contribution in [2.45, 2.75) is 19.8 Å². The minimum absolute atomic E-state index is 0.0136. The fraction of sp³-hybridized carbons (Fsp3) is 0.333. The van der Waals surface area contributed by atoms with Gasteiger partial charge in [0.25, 0.3) is 0 Å². The van der Waals surface area contributed by atoms with Crippen molar-refractivity contribution in [3.8, 4) is 17.0 Å². The van der Waals surface area contributed by atoms with E-state index in [0.29, 0.717) is 6.61 Å². The predicted molar refractivity (Wildman–Crippen MR) is 123 cm³/mol. The molecule has 0 radical (unpaired) electrons.